The molecule has 0 spiro atoms. The second kappa shape index (κ2) is 8.51. The predicted octanol–water partition coefficient (Wildman–Crippen LogP) is -1.02. The second-order valence-electron chi connectivity index (χ2n) is 3.13. The molecule has 1 amide bonds. The van der Waals surface area contributed by atoms with E-state index in [2.05, 4.69) is 14.8 Å². The molecule has 0 aliphatic heterocycles. The molecule has 0 heterocycles. The maximum atomic E-state index is 11.3. The van der Waals surface area contributed by atoms with Gasteiger partial charge < -0.3 is 19.9 Å². The quantitative estimate of drug-likeness (QED) is 0.558. The number of aliphatic hydroxyl groups is 1. The number of aliphatic hydroxyl groups excluding tert-OH is 1. The van der Waals surface area contributed by atoms with E-state index in [0.29, 0.717) is 0 Å². The van der Waals surface area contributed by atoms with E-state index in [9.17, 15) is 14.4 Å². The van der Waals surface area contributed by atoms with Crippen molar-refractivity contribution in [3.63, 3.8) is 0 Å². The van der Waals surface area contributed by atoms with Crippen LogP contribution < -0.4 is 5.32 Å². The van der Waals surface area contributed by atoms with Crippen LogP contribution in [0.25, 0.3) is 0 Å². The average molecular weight is 247 g/mol. The van der Waals surface area contributed by atoms with Crippen molar-refractivity contribution >= 4 is 17.8 Å². The van der Waals surface area contributed by atoms with Gasteiger partial charge in [-0.2, -0.15) is 0 Å². The standard InChI is InChI=1S/C10H17NO6/c1-3-17-9(14)5-4-8(13)11-7(6-12)10(15)16-2/h7,12H,3-6H2,1-2H3,(H,11,13). The number of hydrogen-bond donors (Lipinski definition) is 2. The zero-order valence-electron chi connectivity index (χ0n) is 9.89. The molecule has 0 fully saturated rings. The van der Waals surface area contributed by atoms with Crippen LogP contribution in [0.2, 0.25) is 0 Å². The summed E-state index contributed by atoms with van der Waals surface area (Å²) in [6.45, 7) is 1.36. The number of carbonyl (C=O) groups excluding carboxylic acids is 3. The van der Waals surface area contributed by atoms with E-state index in [1.54, 1.807) is 6.92 Å². The van der Waals surface area contributed by atoms with Gasteiger partial charge in [0.25, 0.3) is 0 Å². The second-order valence-corrected chi connectivity index (χ2v) is 3.13. The van der Waals surface area contributed by atoms with E-state index in [-0.39, 0.29) is 19.4 Å². The fourth-order valence-corrected chi connectivity index (χ4v) is 1.04. The number of methoxy groups -OCH3 is 1. The topological polar surface area (TPSA) is 102 Å². The molecule has 2 N–H and O–H groups in total. The maximum absolute atomic E-state index is 11.3. The summed E-state index contributed by atoms with van der Waals surface area (Å²) in [4.78, 5) is 33.3. The molecule has 1 atom stereocenters. The first-order valence-electron chi connectivity index (χ1n) is 5.18. The number of amides is 1. The first-order chi connectivity index (χ1) is 8.04. The van der Waals surface area contributed by atoms with Gasteiger partial charge >= 0.3 is 11.9 Å². The lowest BCUT2D eigenvalue weighted by molar-refractivity contribution is -0.146. The molecular weight excluding hydrogens is 230 g/mol. The van der Waals surface area contributed by atoms with Crippen LogP contribution in [0.1, 0.15) is 19.8 Å². The summed E-state index contributed by atoms with van der Waals surface area (Å²) >= 11 is 0. The highest BCUT2D eigenvalue weighted by Gasteiger charge is 2.20. The molecule has 1 unspecified atom stereocenters. The molecule has 0 saturated carbocycles. The number of nitrogens with one attached hydrogen (secondary N) is 1. The third-order valence-electron chi connectivity index (χ3n) is 1.87. The molecule has 0 aliphatic rings. The molecule has 0 aromatic carbocycles. The first kappa shape index (κ1) is 15.4. The third kappa shape index (κ3) is 6.52. The van der Waals surface area contributed by atoms with Gasteiger partial charge in [-0.25, -0.2) is 4.79 Å². The summed E-state index contributed by atoms with van der Waals surface area (Å²) in [5.41, 5.74) is 0. The van der Waals surface area contributed by atoms with E-state index >= 15 is 0 Å². The number of hydrogen-bond acceptors (Lipinski definition) is 6. The van der Waals surface area contributed by atoms with Gasteiger partial charge in [-0.3, -0.25) is 9.59 Å². The Morgan fingerprint density at radius 3 is 2.41 bits per heavy atom. The molecule has 0 aromatic heterocycles. The summed E-state index contributed by atoms with van der Waals surface area (Å²) in [5.74, 6) is -1.75. The van der Waals surface area contributed by atoms with Gasteiger partial charge in [0, 0.05) is 6.42 Å². The van der Waals surface area contributed by atoms with Crippen LogP contribution in [-0.2, 0) is 23.9 Å². The Labute approximate surface area is 99.1 Å². The summed E-state index contributed by atoms with van der Waals surface area (Å²) in [6, 6.07) is -1.10. The molecule has 7 heteroatoms. The normalized spacial score (nSPS) is 11.5. The van der Waals surface area contributed by atoms with Crippen molar-refractivity contribution < 1.29 is 29.0 Å². The Balaban J connectivity index is 3.99. The van der Waals surface area contributed by atoms with Crippen molar-refractivity contribution in [2.45, 2.75) is 25.8 Å². The summed E-state index contributed by atoms with van der Waals surface area (Å²) in [5, 5.41) is 11.1. The minimum atomic E-state index is -1.10. The number of rotatable bonds is 7. The third-order valence-corrected chi connectivity index (χ3v) is 1.87. The first-order valence-corrected chi connectivity index (χ1v) is 5.18. The lowest BCUT2D eigenvalue weighted by atomic mass is 10.2. The monoisotopic (exact) mass is 247 g/mol. The number of esters is 2. The summed E-state index contributed by atoms with van der Waals surface area (Å²) in [7, 11) is 1.15. The molecule has 0 saturated heterocycles. The highest BCUT2D eigenvalue weighted by atomic mass is 16.5. The van der Waals surface area contributed by atoms with Crippen molar-refractivity contribution in [1.82, 2.24) is 5.32 Å². The molecule has 0 aromatic rings. The fourth-order valence-electron chi connectivity index (χ4n) is 1.04. The number of ether oxygens (including phenoxy) is 2. The maximum Gasteiger partial charge on any atom is 0.330 e. The molecule has 98 valence electrons. The lowest BCUT2D eigenvalue weighted by Gasteiger charge is -2.13. The Morgan fingerprint density at radius 2 is 1.94 bits per heavy atom. The van der Waals surface area contributed by atoms with Crippen LogP contribution in [0, 0.1) is 0 Å². The van der Waals surface area contributed by atoms with Gasteiger partial charge in [-0.15, -0.1) is 0 Å². The SMILES string of the molecule is CCOC(=O)CCC(=O)NC(CO)C(=O)OC. The van der Waals surface area contributed by atoms with Gasteiger partial charge in [-0.05, 0) is 6.92 Å². The van der Waals surface area contributed by atoms with Crippen LogP contribution in [-0.4, -0.2) is 49.3 Å². The molecule has 0 aliphatic carbocycles. The number of carbonyl (C=O) groups is 3. The van der Waals surface area contributed by atoms with Gasteiger partial charge in [0.15, 0.2) is 6.04 Å². The summed E-state index contributed by atoms with van der Waals surface area (Å²) < 4.78 is 9.00. The Bertz CT molecular complexity index is 278. The molecule has 17 heavy (non-hydrogen) atoms. The molecule has 0 rings (SSSR count). The molecule has 0 radical (unpaired) electrons. The van der Waals surface area contributed by atoms with Crippen LogP contribution in [0.3, 0.4) is 0 Å². The Kier molecular flexibility index (Phi) is 7.70. The van der Waals surface area contributed by atoms with Crippen molar-refractivity contribution in [3.05, 3.63) is 0 Å². The zero-order chi connectivity index (χ0) is 13.3. The predicted molar refractivity (Wildman–Crippen MR) is 56.9 cm³/mol. The zero-order valence-corrected chi connectivity index (χ0v) is 9.89. The van der Waals surface area contributed by atoms with E-state index in [0.717, 1.165) is 7.11 Å². The Morgan fingerprint density at radius 1 is 1.29 bits per heavy atom. The van der Waals surface area contributed by atoms with Crippen molar-refractivity contribution in [1.29, 1.82) is 0 Å². The lowest BCUT2D eigenvalue weighted by Crippen LogP contribution is -2.44. The minimum absolute atomic E-state index is 0.0704. The van der Waals surface area contributed by atoms with E-state index in [1.165, 1.54) is 0 Å². The van der Waals surface area contributed by atoms with Crippen LogP contribution >= 0.6 is 0 Å². The largest absolute Gasteiger partial charge is 0.467 e. The molecule has 7 nitrogen and oxygen atoms in total. The highest BCUT2D eigenvalue weighted by Crippen LogP contribution is 1.95. The van der Waals surface area contributed by atoms with Crippen molar-refractivity contribution in [2.75, 3.05) is 20.3 Å². The van der Waals surface area contributed by atoms with Gasteiger partial charge in [0.2, 0.25) is 5.91 Å². The van der Waals surface area contributed by atoms with E-state index in [1.807, 2.05) is 0 Å². The van der Waals surface area contributed by atoms with Gasteiger partial charge in [-0.1, -0.05) is 0 Å². The van der Waals surface area contributed by atoms with Crippen LogP contribution in [0.4, 0.5) is 0 Å². The van der Waals surface area contributed by atoms with Gasteiger partial charge in [0.05, 0.1) is 26.7 Å². The average Bonchev–Trinajstić information content (AvgIpc) is 2.32. The van der Waals surface area contributed by atoms with Gasteiger partial charge in [0.1, 0.15) is 0 Å². The molecular formula is C10H17NO6. The Hall–Kier alpha value is -1.63. The minimum Gasteiger partial charge on any atom is -0.467 e. The molecule has 0 bridgehead atoms. The summed E-state index contributed by atoms with van der Waals surface area (Å²) in [6.07, 6.45) is -0.175. The van der Waals surface area contributed by atoms with Crippen molar-refractivity contribution in [2.24, 2.45) is 0 Å². The fraction of sp³-hybridized carbons (Fsp3) is 0.700. The van der Waals surface area contributed by atoms with E-state index in [4.69, 9.17) is 5.11 Å². The van der Waals surface area contributed by atoms with Crippen molar-refractivity contribution in [3.8, 4) is 0 Å². The highest BCUT2D eigenvalue weighted by molar-refractivity contribution is 5.86. The van der Waals surface area contributed by atoms with E-state index < -0.39 is 30.5 Å². The smallest absolute Gasteiger partial charge is 0.330 e. The van der Waals surface area contributed by atoms with Crippen LogP contribution in [0.15, 0.2) is 0 Å². The van der Waals surface area contributed by atoms with Crippen LogP contribution in [0.5, 0.6) is 0 Å².